The lowest BCUT2D eigenvalue weighted by Gasteiger charge is -2.26. The third-order valence-corrected chi connectivity index (χ3v) is 7.17. The van der Waals surface area contributed by atoms with E-state index in [0.717, 1.165) is 12.8 Å². The number of unbranched alkanes of at least 4 members (excludes halogenated alkanes) is 1. The number of nitrogens with one attached hydrogen (secondary N) is 4. The van der Waals surface area contributed by atoms with Gasteiger partial charge in [-0.1, -0.05) is 31.5 Å². The van der Waals surface area contributed by atoms with Crippen LogP contribution >= 0.6 is 0 Å². The van der Waals surface area contributed by atoms with Crippen molar-refractivity contribution < 1.29 is 23.2 Å². The fourth-order valence-electron chi connectivity index (χ4n) is 3.67. The molecule has 1 atom stereocenters. The van der Waals surface area contributed by atoms with Crippen molar-refractivity contribution in [2.24, 2.45) is 0 Å². The molecule has 10 heteroatoms. The first kappa shape index (κ1) is 26.9. The molecule has 0 spiro atoms. The number of rotatable bonds is 13. The second kappa shape index (κ2) is 13.4. The molecule has 0 aliphatic carbocycles. The Kier molecular flexibility index (Phi) is 10.3. The number of anilines is 1. The SMILES string of the molecule is CCCCNc1cc(C(=O)NCCOC)cc(S(=N)(=O)NC2CCOCC2)c1Oc1ccccc1. The van der Waals surface area contributed by atoms with Crippen LogP contribution < -0.4 is 20.1 Å². The van der Waals surface area contributed by atoms with Gasteiger partial charge in [0.05, 0.1) is 12.3 Å². The largest absolute Gasteiger partial charge is 0.454 e. The van der Waals surface area contributed by atoms with Gasteiger partial charge in [-0.05, 0) is 43.5 Å². The summed E-state index contributed by atoms with van der Waals surface area (Å²) in [6, 6.07) is 12.2. The van der Waals surface area contributed by atoms with Crippen LogP contribution in [0, 0.1) is 4.78 Å². The van der Waals surface area contributed by atoms with E-state index in [1.807, 2.05) is 18.2 Å². The fraction of sp³-hybridized carbons (Fsp3) is 0.480. The monoisotopic (exact) mass is 504 g/mol. The number of carbonyl (C=O) groups is 1. The molecular weight excluding hydrogens is 468 g/mol. The van der Waals surface area contributed by atoms with E-state index in [2.05, 4.69) is 22.3 Å². The second-order valence-electron chi connectivity index (χ2n) is 8.36. The topological polar surface area (TPSA) is 122 Å². The molecule has 2 aromatic carbocycles. The van der Waals surface area contributed by atoms with E-state index in [1.165, 1.54) is 6.07 Å². The van der Waals surface area contributed by atoms with E-state index in [4.69, 9.17) is 19.0 Å². The number of ether oxygens (including phenoxy) is 3. The lowest BCUT2D eigenvalue weighted by Crippen LogP contribution is -2.38. The standard InChI is InChI=1S/C25H36N4O5S/c1-3-4-12-27-22-17-19(25(30)28-13-16-32-2)18-23(24(22)34-21-8-6-5-7-9-21)35(26,31)29-20-10-14-33-15-11-20/h5-9,17-18,20,27H,3-4,10-16H2,1-2H3,(H,28,30)(H2,26,29,31). The zero-order valence-corrected chi connectivity index (χ0v) is 21.2. The van der Waals surface area contributed by atoms with Crippen LogP contribution in [0.4, 0.5) is 5.69 Å². The minimum Gasteiger partial charge on any atom is -0.454 e. The Morgan fingerprint density at radius 3 is 2.60 bits per heavy atom. The van der Waals surface area contributed by atoms with Crippen molar-refractivity contribution in [2.45, 2.75) is 43.5 Å². The Hall–Kier alpha value is -2.66. The number of benzene rings is 2. The Balaban J connectivity index is 2.06. The molecule has 1 aliphatic rings. The molecule has 192 valence electrons. The molecule has 4 N–H and O–H groups in total. The van der Waals surface area contributed by atoms with Gasteiger partial charge in [0.25, 0.3) is 5.91 Å². The molecule has 0 bridgehead atoms. The Bertz CT molecular complexity index is 1060. The van der Waals surface area contributed by atoms with Gasteiger partial charge in [-0.25, -0.2) is 13.7 Å². The van der Waals surface area contributed by atoms with Gasteiger partial charge in [0.1, 0.15) is 20.6 Å². The number of para-hydroxylation sites is 1. The maximum Gasteiger partial charge on any atom is 0.251 e. The highest BCUT2D eigenvalue weighted by Gasteiger charge is 2.27. The van der Waals surface area contributed by atoms with Crippen molar-refractivity contribution in [2.75, 3.05) is 45.3 Å². The molecular formula is C25H36N4O5S. The molecule has 1 amide bonds. The minimum absolute atomic E-state index is 0.131. The molecule has 35 heavy (non-hydrogen) atoms. The maximum atomic E-state index is 13.8. The summed E-state index contributed by atoms with van der Waals surface area (Å²) in [5, 5.41) is 6.13. The molecule has 1 heterocycles. The highest BCUT2D eigenvalue weighted by Crippen LogP contribution is 2.38. The summed E-state index contributed by atoms with van der Waals surface area (Å²) in [7, 11) is -1.96. The van der Waals surface area contributed by atoms with Crippen LogP contribution in [-0.4, -0.2) is 56.2 Å². The summed E-state index contributed by atoms with van der Waals surface area (Å²) < 4.78 is 42.3. The number of hydrogen-bond acceptors (Lipinski definition) is 7. The maximum absolute atomic E-state index is 13.8. The number of amides is 1. The first-order valence-corrected chi connectivity index (χ1v) is 13.6. The highest BCUT2D eigenvalue weighted by molar-refractivity contribution is 7.90. The predicted molar refractivity (Wildman–Crippen MR) is 137 cm³/mol. The number of hydrogen-bond donors (Lipinski definition) is 4. The van der Waals surface area contributed by atoms with Crippen LogP contribution in [0.1, 0.15) is 43.0 Å². The van der Waals surface area contributed by atoms with Crippen LogP contribution in [-0.2, 0) is 19.4 Å². The molecule has 1 fully saturated rings. The van der Waals surface area contributed by atoms with Crippen LogP contribution in [0.5, 0.6) is 11.5 Å². The van der Waals surface area contributed by atoms with E-state index in [0.29, 0.717) is 62.8 Å². The van der Waals surface area contributed by atoms with E-state index in [-0.39, 0.29) is 22.6 Å². The van der Waals surface area contributed by atoms with Crippen LogP contribution in [0.2, 0.25) is 0 Å². The van der Waals surface area contributed by atoms with Gasteiger partial charge in [-0.2, -0.15) is 0 Å². The quantitative estimate of drug-likeness (QED) is 0.304. The molecule has 0 saturated carbocycles. The first-order valence-electron chi connectivity index (χ1n) is 12.0. The van der Waals surface area contributed by atoms with E-state index in [9.17, 15) is 9.00 Å². The van der Waals surface area contributed by atoms with Crippen molar-refractivity contribution >= 4 is 21.5 Å². The van der Waals surface area contributed by atoms with Gasteiger partial charge < -0.3 is 24.8 Å². The van der Waals surface area contributed by atoms with E-state index < -0.39 is 9.92 Å². The summed E-state index contributed by atoms with van der Waals surface area (Å²) in [6.45, 7) is 4.53. The van der Waals surface area contributed by atoms with E-state index >= 15 is 0 Å². The van der Waals surface area contributed by atoms with E-state index in [1.54, 1.807) is 25.3 Å². The van der Waals surface area contributed by atoms with Gasteiger partial charge >= 0.3 is 0 Å². The Morgan fingerprint density at radius 1 is 1.17 bits per heavy atom. The number of carbonyl (C=O) groups excluding carboxylic acids is 1. The Morgan fingerprint density at radius 2 is 1.91 bits per heavy atom. The molecule has 2 aromatic rings. The van der Waals surface area contributed by atoms with Crippen molar-refractivity contribution in [1.82, 2.24) is 10.0 Å². The third-order valence-electron chi connectivity index (χ3n) is 5.58. The van der Waals surface area contributed by atoms with Gasteiger partial charge in [-0.3, -0.25) is 4.79 Å². The first-order chi connectivity index (χ1) is 16.9. The van der Waals surface area contributed by atoms with Crippen molar-refractivity contribution in [3.8, 4) is 11.5 Å². The third kappa shape index (κ3) is 7.93. The summed E-state index contributed by atoms with van der Waals surface area (Å²) in [4.78, 5) is 13.0. The lowest BCUT2D eigenvalue weighted by molar-refractivity contribution is 0.0834. The molecule has 0 radical (unpaired) electrons. The average Bonchev–Trinajstić information content (AvgIpc) is 2.86. The molecule has 3 rings (SSSR count). The van der Waals surface area contributed by atoms with Crippen molar-refractivity contribution in [1.29, 1.82) is 4.78 Å². The fourth-order valence-corrected chi connectivity index (χ4v) is 5.21. The summed E-state index contributed by atoms with van der Waals surface area (Å²) in [5.74, 6) is 0.487. The highest BCUT2D eigenvalue weighted by atomic mass is 32.2. The zero-order valence-electron chi connectivity index (χ0n) is 20.4. The molecule has 1 aliphatic heterocycles. The molecule has 1 unspecified atom stereocenters. The van der Waals surface area contributed by atoms with Gasteiger partial charge in [0, 0.05) is 45.0 Å². The zero-order chi connectivity index (χ0) is 25.1. The normalized spacial score (nSPS) is 15.8. The Labute approximate surface area is 208 Å². The average molecular weight is 505 g/mol. The van der Waals surface area contributed by atoms with Gasteiger partial charge in [0.2, 0.25) is 0 Å². The van der Waals surface area contributed by atoms with Gasteiger partial charge in [0.15, 0.2) is 5.75 Å². The van der Waals surface area contributed by atoms with Crippen LogP contribution in [0.3, 0.4) is 0 Å². The minimum atomic E-state index is -3.52. The summed E-state index contributed by atoms with van der Waals surface area (Å²) in [5.41, 5.74) is 0.815. The smallest absolute Gasteiger partial charge is 0.251 e. The van der Waals surface area contributed by atoms with Crippen LogP contribution in [0.25, 0.3) is 0 Å². The predicted octanol–water partition coefficient (Wildman–Crippen LogP) is 4.16. The summed E-state index contributed by atoms with van der Waals surface area (Å²) in [6.07, 6.45) is 3.19. The van der Waals surface area contributed by atoms with Crippen LogP contribution in [0.15, 0.2) is 47.4 Å². The van der Waals surface area contributed by atoms with Gasteiger partial charge in [-0.15, -0.1) is 0 Å². The summed E-state index contributed by atoms with van der Waals surface area (Å²) >= 11 is 0. The van der Waals surface area contributed by atoms with Crippen molar-refractivity contribution in [3.63, 3.8) is 0 Å². The second-order valence-corrected chi connectivity index (χ2v) is 10.1. The van der Waals surface area contributed by atoms with Crippen molar-refractivity contribution in [3.05, 3.63) is 48.0 Å². The molecule has 1 saturated heterocycles. The molecule has 9 nitrogen and oxygen atoms in total. The lowest BCUT2D eigenvalue weighted by atomic mass is 10.1. The molecule has 0 aromatic heterocycles. The number of methoxy groups -OCH3 is 1.